The second kappa shape index (κ2) is 21.4. The van der Waals surface area contributed by atoms with Crippen molar-refractivity contribution in [3.05, 3.63) is 67.8 Å². The summed E-state index contributed by atoms with van der Waals surface area (Å²) in [6.45, 7) is 14.6. The molecule has 1 aliphatic heterocycles. The number of rotatable bonds is 24. The van der Waals surface area contributed by atoms with Crippen molar-refractivity contribution in [2.24, 2.45) is 22.7 Å². The minimum absolute atomic E-state index is 0.0792. The van der Waals surface area contributed by atoms with Crippen LogP contribution in [0.15, 0.2) is 36.4 Å². The summed E-state index contributed by atoms with van der Waals surface area (Å²) < 4.78 is 22.4. The summed E-state index contributed by atoms with van der Waals surface area (Å²) in [6, 6.07) is 8.20. The molecule has 0 spiro atoms. The van der Waals surface area contributed by atoms with Gasteiger partial charge < -0.3 is 34.9 Å². The van der Waals surface area contributed by atoms with Gasteiger partial charge in [-0.1, -0.05) is 34.6 Å². The predicted molar refractivity (Wildman–Crippen MR) is 210 cm³/mol. The van der Waals surface area contributed by atoms with E-state index in [1.165, 1.54) is 36.4 Å². The number of amides is 3. The summed E-state index contributed by atoms with van der Waals surface area (Å²) in [5.74, 6) is -0.714. The number of ether oxygens (including phenoxy) is 4. The number of nitro benzene ring substituents is 2. The van der Waals surface area contributed by atoms with Gasteiger partial charge in [-0.05, 0) is 76.1 Å². The highest BCUT2D eigenvalue weighted by atomic mass is 16.7. The van der Waals surface area contributed by atoms with E-state index in [0.717, 1.165) is 0 Å². The molecule has 314 valence electrons. The lowest BCUT2D eigenvalue weighted by Gasteiger charge is -2.40. The van der Waals surface area contributed by atoms with E-state index in [-0.39, 0.29) is 84.9 Å². The third-order valence-electron chi connectivity index (χ3n) is 10.4. The van der Waals surface area contributed by atoms with Crippen molar-refractivity contribution in [3.8, 4) is 11.5 Å². The first kappa shape index (κ1) is 46.2. The molecular weight excluding hydrogens is 742 g/mol. The zero-order valence-corrected chi connectivity index (χ0v) is 33.9. The molecule has 0 radical (unpaired) electrons. The van der Waals surface area contributed by atoms with Gasteiger partial charge in [0.05, 0.1) is 47.4 Å². The molecule has 1 heterocycles. The quantitative estimate of drug-likeness (QED) is 0.0493. The Labute approximate surface area is 333 Å². The van der Waals surface area contributed by atoms with Gasteiger partial charge in [-0.3, -0.25) is 39.4 Å². The van der Waals surface area contributed by atoms with Gasteiger partial charge >= 0.3 is 0 Å². The van der Waals surface area contributed by atoms with Gasteiger partial charge in [0.25, 0.3) is 11.4 Å². The highest BCUT2D eigenvalue weighted by Gasteiger charge is 2.44. The van der Waals surface area contributed by atoms with Crippen LogP contribution in [-0.4, -0.2) is 79.4 Å². The molecule has 0 bridgehead atoms. The zero-order valence-electron chi connectivity index (χ0n) is 33.9. The Kier molecular flexibility index (Phi) is 17.3. The lowest BCUT2D eigenvalue weighted by Crippen LogP contribution is -2.48. The second-order valence-corrected chi connectivity index (χ2v) is 15.3. The van der Waals surface area contributed by atoms with Gasteiger partial charge in [-0.2, -0.15) is 0 Å². The van der Waals surface area contributed by atoms with E-state index in [1.807, 2.05) is 41.5 Å². The van der Waals surface area contributed by atoms with E-state index in [1.54, 1.807) is 6.92 Å². The number of nitro groups is 2. The van der Waals surface area contributed by atoms with Crippen molar-refractivity contribution in [1.82, 2.24) is 16.0 Å². The number of hydrogen-bond acceptors (Lipinski definition) is 12. The molecule has 2 aromatic carbocycles. The molecule has 1 saturated heterocycles. The molecule has 0 saturated carbocycles. The van der Waals surface area contributed by atoms with E-state index in [0.29, 0.717) is 56.7 Å². The van der Waals surface area contributed by atoms with Crippen molar-refractivity contribution in [2.45, 2.75) is 92.9 Å². The molecule has 0 aromatic heterocycles. The van der Waals surface area contributed by atoms with E-state index >= 15 is 0 Å². The zero-order chi connectivity index (χ0) is 42.3. The van der Waals surface area contributed by atoms with Crippen molar-refractivity contribution in [2.75, 3.05) is 39.5 Å². The third-order valence-corrected chi connectivity index (χ3v) is 10.4. The number of nitrogens with zero attached hydrogens (tertiary/aromatic N) is 2. The molecule has 4 unspecified atom stereocenters. The van der Waals surface area contributed by atoms with E-state index < -0.39 is 32.9 Å². The number of carbonyl (C=O) groups is 4. The Morgan fingerprint density at radius 1 is 0.860 bits per heavy atom. The normalized spacial score (nSPS) is 16.1. The van der Waals surface area contributed by atoms with Gasteiger partial charge in [0.2, 0.25) is 17.7 Å². The smallest absolute Gasteiger partial charge is 0.280 e. The van der Waals surface area contributed by atoms with Crippen molar-refractivity contribution < 1.29 is 48.0 Å². The Morgan fingerprint density at radius 3 is 1.93 bits per heavy atom. The van der Waals surface area contributed by atoms with Crippen LogP contribution < -0.4 is 25.4 Å². The van der Waals surface area contributed by atoms with Crippen molar-refractivity contribution >= 4 is 35.4 Å². The number of carbonyl (C=O) groups excluding carboxylic acids is 4. The molecular formula is C40H57N5O12. The van der Waals surface area contributed by atoms with Crippen LogP contribution in [0, 0.1) is 42.9 Å². The topological polar surface area (TPSA) is 228 Å². The number of aldehydes is 1. The van der Waals surface area contributed by atoms with Crippen molar-refractivity contribution in [3.63, 3.8) is 0 Å². The Bertz CT molecular complexity index is 1730. The lowest BCUT2D eigenvalue weighted by atomic mass is 9.65. The summed E-state index contributed by atoms with van der Waals surface area (Å²) in [4.78, 5) is 73.5. The summed E-state index contributed by atoms with van der Waals surface area (Å²) in [7, 11) is 0. The average Bonchev–Trinajstić information content (AvgIpc) is 3.71. The molecule has 57 heavy (non-hydrogen) atoms. The Morgan fingerprint density at radius 2 is 1.40 bits per heavy atom. The SMILES string of the molecule is CCC(C)(C(=O)NCCCOc1ccc([N+](=O)[O-])c(C=O)c1)C(C)CC(C)(CC(C)C(=O)NC(C)C)C(=O)NCCCOc1ccc([N+](=O)[O-])c(C2OCCO2)c1. The van der Waals surface area contributed by atoms with Gasteiger partial charge in [-0.15, -0.1) is 0 Å². The predicted octanol–water partition coefficient (Wildman–Crippen LogP) is 5.83. The molecule has 17 heteroatoms. The summed E-state index contributed by atoms with van der Waals surface area (Å²) in [6.07, 6.45) is 1.42. The Balaban J connectivity index is 1.62. The maximum absolute atomic E-state index is 14.0. The fourth-order valence-electron chi connectivity index (χ4n) is 6.84. The van der Waals surface area contributed by atoms with E-state index in [9.17, 15) is 39.4 Å². The van der Waals surface area contributed by atoms with Crippen LogP contribution in [0.3, 0.4) is 0 Å². The van der Waals surface area contributed by atoms with Crippen LogP contribution in [0.2, 0.25) is 0 Å². The van der Waals surface area contributed by atoms with Gasteiger partial charge in [0.1, 0.15) is 11.5 Å². The van der Waals surface area contributed by atoms with Crippen LogP contribution in [-0.2, 0) is 23.9 Å². The average molecular weight is 800 g/mol. The molecule has 3 amide bonds. The molecule has 0 aliphatic carbocycles. The van der Waals surface area contributed by atoms with Crippen LogP contribution in [0.5, 0.6) is 11.5 Å². The second-order valence-electron chi connectivity index (χ2n) is 15.3. The first-order chi connectivity index (χ1) is 26.9. The highest BCUT2D eigenvalue weighted by Crippen LogP contribution is 2.42. The van der Waals surface area contributed by atoms with Gasteiger partial charge in [-0.25, -0.2) is 0 Å². The summed E-state index contributed by atoms with van der Waals surface area (Å²) in [5, 5.41) is 31.6. The maximum Gasteiger partial charge on any atom is 0.280 e. The minimum Gasteiger partial charge on any atom is -0.494 e. The van der Waals surface area contributed by atoms with Crippen molar-refractivity contribution in [1.29, 1.82) is 0 Å². The van der Waals surface area contributed by atoms with E-state index in [2.05, 4.69) is 16.0 Å². The van der Waals surface area contributed by atoms with Crippen LogP contribution in [0.1, 0.15) is 103 Å². The summed E-state index contributed by atoms with van der Waals surface area (Å²) in [5.41, 5.74) is -2.17. The fraction of sp³-hybridized carbons (Fsp3) is 0.600. The lowest BCUT2D eigenvalue weighted by molar-refractivity contribution is -0.386. The molecule has 2 aromatic rings. The molecule has 3 rings (SSSR count). The van der Waals surface area contributed by atoms with E-state index in [4.69, 9.17) is 18.9 Å². The third kappa shape index (κ3) is 12.9. The van der Waals surface area contributed by atoms with Gasteiger partial charge in [0, 0.05) is 48.0 Å². The highest BCUT2D eigenvalue weighted by molar-refractivity contribution is 5.85. The number of benzene rings is 2. The molecule has 1 fully saturated rings. The largest absolute Gasteiger partial charge is 0.494 e. The first-order valence-corrected chi connectivity index (χ1v) is 19.3. The van der Waals surface area contributed by atoms with Gasteiger partial charge in [0.15, 0.2) is 12.6 Å². The fourth-order valence-corrected chi connectivity index (χ4v) is 6.84. The monoisotopic (exact) mass is 799 g/mol. The molecule has 1 aliphatic rings. The molecule has 17 nitrogen and oxygen atoms in total. The van der Waals surface area contributed by atoms with Crippen LogP contribution in [0.4, 0.5) is 11.4 Å². The molecule has 4 atom stereocenters. The van der Waals surface area contributed by atoms with Crippen LogP contribution >= 0.6 is 0 Å². The number of nitrogens with one attached hydrogen (secondary N) is 3. The summed E-state index contributed by atoms with van der Waals surface area (Å²) >= 11 is 0. The van der Waals surface area contributed by atoms with Crippen LogP contribution in [0.25, 0.3) is 0 Å². The first-order valence-electron chi connectivity index (χ1n) is 19.3. The minimum atomic E-state index is -1.03. The maximum atomic E-state index is 14.0. The number of hydrogen-bond donors (Lipinski definition) is 3. The Hall–Kier alpha value is -5.16. The molecule has 3 N–H and O–H groups in total. The standard InChI is InChI=1S/C40H57N5O12/c1-8-40(7,38(49)42-16-10-17-54-30-11-13-33(44(50)51)29(21-30)25-46)28(5)24-39(6,23-27(4)35(47)43-26(2)3)37(48)41-15-9-18-55-31-12-14-34(45(52)53)32(22-31)36-56-19-20-57-36/h11-14,21-22,25-28,36H,8-10,15-20,23-24H2,1-7H3,(H,41,48)(H,42,49)(H,43,47).